The van der Waals surface area contributed by atoms with Crippen molar-refractivity contribution in [1.29, 1.82) is 0 Å². The molecule has 0 bridgehead atoms. The van der Waals surface area contributed by atoms with Gasteiger partial charge in [-0.1, -0.05) is 0 Å². The SMILES string of the molecule is CCNC(=NCc1ncc(C)s1)NC1CCCN(c2ccc(F)cc2C)C1.I. The number of hydrogen-bond donors (Lipinski definition) is 2. The first-order valence-electron chi connectivity index (χ1n) is 9.52. The summed E-state index contributed by atoms with van der Waals surface area (Å²) in [6, 6.07) is 5.34. The number of halogens is 2. The molecule has 1 atom stereocenters. The minimum atomic E-state index is -0.179. The quantitative estimate of drug-likeness (QED) is 0.354. The molecule has 1 aliphatic heterocycles. The summed E-state index contributed by atoms with van der Waals surface area (Å²) in [6.07, 6.45) is 4.08. The minimum Gasteiger partial charge on any atom is -0.369 e. The van der Waals surface area contributed by atoms with Crippen molar-refractivity contribution in [1.82, 2.24) is 15.6 Å². The lowest BCUT2D eigenvalue weighted by Gasteiger charge is -2.36. The first-order chi connectivity index (χ1) is 13.0. The molecule has 1 aliphatic rings. The van der Waals surface area contributed by atoms with E-state index in [0.717, 1.165) is 54.7 Å². The number of nitrogens with one attached hydrogen (secondary N) is 2. The fraction of sp³-hybridized carbons (Fsp3) is 0.500. The highest BCUT2D eigenvalue weighted by molar-refractivity contribution is 14.0. The summed E-state index contributed by atoms with van der Waals surface area (Å²) >= 11 is 1.68. The second-order valence-corrected chi connectivity index (χ2v) is 8.24. The van der Waals surface area contributed by atoms with E-state index in [0.29, 0.717) is 12.6 Å². The Labute approximate surface area is 187 Å². The van der Waals surface area contributed by atoms with Crippen molar-refractivity contribution >= 4 is 47.0 Å². The number of aliphatic imine (C=N–C) groups is 1. The number of aryl methyl sites for hydroxylation is 2. The molecule has 0 aliphatic carbocycles. The van der Waals surface area contributed by atoms with Crippen LogP contribution in [0.1, 0.15) is 35.2 Å². The van der Waals surface area contributed by atoms with Crippen molar-refractivity contribution in [2.24, 2.45) is 4.99 Å². The standard InChI is InChI=1S/C20H28FN5S.HI/c1-4-22-20(24-12-19-23-11-15(3)27-19)25-17-6-5-9-26(13-17)18-8-7-16(21)10-14(18)2;/h7-8,10-11,17H,4-6,9,12-13H2,1-3H3,(H2,22,24,25);1H. The van der Waals surface area contributed by atoms with E-state index in [-0.39, 0.29) is 29.8 Å². The average molecular weight is 517 g/mol. The predicted octanol–water partition coefficient (Wildman–Crippen LogP) is 4.24. The Bertz CT molecular complexity index is 795. The lowest BCUT2D eigenvalue weighted by atomic mass is 10.0. The van der Waals surface area contributed by atoms with Crippen LogP contribution >= 0.6 is 35.3 Å². The van der Waals surface area contributed by atoms with E-state index < -0.39 is 0 Å². The van der Waals surface area contributed by atoms with E-state index in [1.807, 2.05) is 19.2 Å². The molecule has 8 heteroatoms. The van der Waals surface area contributed by atoms with Gasteiger partial charge < -0.3 is 15.5 Å². The molecular formula is C20H29FIN5S. The number of benzene rings is 1. The topological polar surface area (TPSA) is 52.6 Å². The van der Waals surface area contributed by atoms with E-state index in [1.165, 1.54) is 4.88 Å². The maximum absolute atomic E-state index is 13.4. The summed E-state index contributed by atoms with van der Waals surface area (Å²) in [5.41, 5.74) is 2.10. The molecule has 1 saturated heterocycles. The van der Waals surface area contributed by atoms with Crippen molar-refractivity contribution in [2.45, 2.75) is 46.2 Å². The highest BCUT2D eigenvalue weighted by Gasteiger charge is 2.22. The molecular weight excluding hydrogens is 488 g/mol. The third-order valence-corrected chi connectivity index (χ3v) is 5.55. The lowest BCUT2D eigenvalue weighted by Crippen LogP contribution is -2.51. The fourth-order valence-electron chi connectivity index (χ4n) is 3.42. The monoisotopic (exact) mass is 517 g/mol. The number of anilines is 1. The van der Waals surface area contributed by atoms with E-state index >= 15 is 0 Å². The average Bonchev–Trinajstić information content (AvgIpc) is 3.05. The number of guanidine groups is 1. The van der Waals surface area contributed by atoms with Crippen LogP contribution in [-0.2, 0) is 6.54 Å². The number of thiazole rings is 1. The molecule has 1 fully saturated rings. The zero-order valence-corrected chi connectivity index (χ0v) is 19.8. The van der Waals surface area contributed by atoms with E-state index in [9.17, 15) is 4.39 Å². The van der Waals surface area contributed by atoms with Gasteiger partial charge in [-0.05, 0) is 57.4 Å². The Morgan fingerprint density at radius 3 is 2.89 bits per heavy atom. The smallest absolute Gasteiger partial charge is 0.191 e. The third kappa shape index (κ3) is 6.30. The van der Waals surface area contributed by atoms with Gasteiger partial charge in [-0.3, -0.25) is 0 Å². The number of piperidine rings is 1. The fourth-order valence-corrected chi connectivity index (χ4v) is 4.13. The normalized spacial score (nSPS) is 17.2. The van der Waals surface area contributed by atoms with Gasteiger partial charge in [0, 0.05) is 42.4 Å². The summed E-state index contributed by atoms with van der Waals surface area (Å²) in [7, 11) is 0. The summed E-state index contributed by atoms with van der Waals surface area (Å²) < 4.78 is 13.4. The molecule has 1 aromatic heterocycles. The van der Waals surface area contributed by atoms with Crippen LogP contribution in [0.25, 0.3) is 0 Å². The van der Waals surface area contributed by atoms with Gasteiger partial charge in [0.1, 0.15) is 10.8 Å². The second-order valence-electron chi connectivity index (χ2n) is 6.92. The molecule has 1 aromatic carbocycles. The van der Waals surface area contributed by atoms with Crippen molar-refractivity contribution < 1.29 is 4.39 Å². The van der Waals surface area contributed by atoms with Gasteiger partial charge >= 0.3 is 0 Å². The van der Waals surface area contributed by atoms with Gasteiger partial charge in [0.2, 0.25) is 0 Å². The van der Waals surface area contributed by atoms with Gasteiger partial charge in [-0.25, -0.2) is 14.4 Å². The Morgan fingerprint density at radius 1 is 1.39 bits per heavy atom. The summed E-state index contributed by atoms with van der Waals surface area (Å²) in [5.74, 6) is 0.648. The van der Waals surface area contributed by atoms with Crippen molar-refractivity contribution in [3.63, 3.8) is 0 Å². The van der Waals surface area contributed by atoms with Gasteiger partial charge in [0.25, 0.3) is 0 Å². The zero-order valence-electron chi connectivity index (χ0n) is 16.7. The summed E-state index contributed by atoms with van der Waals surface area (Å²) in [5, 5.41) is 7.92. The Balaban J connectivity index is 0.00000280. The molecule has 0 amide bonds. The van der Waals surface area contributed by atoms with Crippen LogP contribution in [0.3, 0.4) is 0 Å². The van der Waals surface area contributed by atoms with Crippen LogP contribution in [-0.4, -0.2) is 36.6 Å². The van der Waals surface area contributed by atoms with Crippen LogP contribution in [0.5, 0.6) is 0 Å². The Morgan fingerprint density at radius 2 is 2.21 bits per heavy atom. The first-order valence-corrected chi connectivity index (χ1v) is 10.3. The third-order valence-electron chi connectivity index (χ3n) is 4.65. The molecule has 28 heavy (non-hydrogen) atoms. The highest BCUT2D eigenvalue weighted by atomic mass is 127. The number of hydrogen-bond acceptors (Lipinski definition) is 4. The van der Waals surface area contributed by atoms with Crippen LogP contribution < -0.4 is 15.5 Å². The zero-order chi connectivity index (χ0) is 19.2. The number of nitrogens with zero attached hydrogens (tertiary/aromatic N) is 3. The molecule has 3 rings (SSSR count). The predicted molar refractivity (Wildman–Crippen MR) is 127 cm³/mol. The summed E-state index contributed by atoms with van der Waals surface area (Å²) in [6.45, 7) is 9.38. The molecule has 5 nitrogen and oxygen atoms in total. The largest absolute Gasteiger partial charge is 0.369 e. The van der Waals surface area contributed by atoms with Gasteiger partial charge in [0.15, 0.2) is 5.96 Å². The van der Waals surface area contributed by atoms with Crippen molar-refractivity contribution in [3.05, 3.63) is 45.7 Å². The molecule has 2 heterocycles. The molecule has 1 unspecified atom stereocenters. The van der Waals surface area contributed by atoms with Gasteiger partial charge in [-0.2, -0.15) is 0 Å². The number of aromatic nitrogens is 1. The molecule has 2 aromatic rings. The number of rotatable bonds is 5. The second kappa shape index (κ2) is 10.9. The molecule has 2 N–H and O–H groups in total. The molecule has 0 spiro atoms. The van der Waals surface area contributed by atoms with Crippen molar-refractivity contribution in [2.75, 3.05) is 24.5 Å². The first kappa shape index (κ1) is 22.9. The maximum atomic E-state index is 13.4. The van der Waals surface area contributed by atoms with Crippen LogP contribution in [0.15, 0.2) is 29.4 Å². The van der Waals surface area contributed by atoms with Crippen molar-refractivity contribution in [3.8, 4) is 0 Å². The Kier molecular flexibility index (Phi) is 8.94. The van der Waals surface area contributed by atoms with E-state index in [1.54, 1.807) is 23.5 Å². The van der Waals surface area contributed by atoms with Crippen LogP contribution in [0.4, 0.5) is 10.1 Å². The van der Waals surface area contributed by atoms with Crippen LogP contribution in [0.2, 0.25) is 0 Å². The van der Waals surface area contributed by atoms with Gasteiger partial charge in [0.05, 0.1) is 6.54 Å². The lowest BCUT2D eigenvalue weighted by molar-refractivity contribution is 0.467. The molecule has 0 radical (unpaired) electrons. The van der Waals surface area contributed by atoms with E-state index in [4.69, 9.17) is 4.99 Å². The van der Waals surface area contributed by atoms with Gasteiger partial charge in [-0.15, -0.1) is 35.3 Å². The van der Waals surface area contributed by atoms with Crippen LogP contribution in [0, 0.1) is 19.7 Å². The summed E-state index contributed by atoms with van der Waals surface area (Å²) in [4.78, 5) is 12.6. The van der Waals surface area contributed by atoms with E-state index in [2.05, 4.69) is 34.4 Å². The molecule has 0 saturated carbocycles. The maximum Gasteiger partial charge on any atom is 0.191 e. The molecule has 154 valence electrons. The highest BCUT2D eigenvalue weighted by Crippen LogP contribution is 2.24. The minimum absolute atomic E-state index is 0. The Hall–Kier alpha value is -1.42.